The first-order chi connectivity index (χ1) is 8.79. The molecular formula is C14H27N3S. The second-order valence-electron chi connectivity index (χ2n) is 5.59. The van der Waals surface area contributed by atoms with Crippen LogP contribution in [0.2, 0.25) is 0 Å². The molecule has 1 saturated carbocycles. The van der Waals surface area contributed by atoms with Crippen molar-refractivity contribution in [2.45, 2.75) is 39.0 Å². The molecule has 0 aromatic heterocycles. The van der Waals surface area contributed by atoms with E-state index in [4.69, 9.17) is 5.73 Å². The van der Waals surface area contributed by atoms with Crippen LogP contribution in [-0.4, -0.2) is 42.0 Å². The predicted octanol–water partition coefficient (Wildman–Crippen LogP) is 2.57. The minimum Gasteiger partial charge on any atom is -0.370 e. The summed E-state index contributed by atoms with van der Waals surface area (Å²) in [6.45, 7) is 5.41. The summed E-state index contributed by atoms with van der Waals surface area (Å²) >= 11 is 2.01. The molecule has 0 amide bonds. The quantitative estimate of drug-likeness (QED) is 0.632. The third-order valence-electron chi connectivity index (χ3n) is 4.39. The number of nitrogens with two attached hydrogens (primary N) is 1. The molecule has 1 aliphatic heterocycles. The second-order valence-corrected chi connectivity index (χ2v) is 6.82. The highest BCUT2D eigenvalue weighted by Gasteiger charge is 2.20. The van der Waals surface area contributed by atoms with Crippen molar-refractivity contribution in [2.75, 3.05) is 31.1 Å². The third kappa shape index (κ3) is 4.08. The molecule has 2 rings (SSSR count). The first-order valence-corrected chi connectivity index (χ1v) is 8.57. The summed E-state index contributed by atoms with van der Waals surface area (Å²) in [4.78, 5) is 6.88. The Balaban J connectivity index is 1.72. The number of hydrogen-bond acceptors (Lipinski definition) is 2. The van der Waals surface area contributed by atoms with Crippen LogP contribution in [0.3, 0.4) is 0 Å². The van der Waals surface area contributed by atoms with Gasteiger partial charge in [0.25, 0.3) is 0 Å². The first kappa shape index (κ1) is 14.0. The fraction of sp³-hybridized carbons (Fsp3) is 0.929. The van der Waals surface area contributed by atoms with Crippen molar-refractivity contribution >= 4 is 17.7 Å². The number of aliphatic imine (C=N–C) groups is 1. The highest BCUT2D eigenvalue weighted by atomic mass is 32.2. The van der Waals surface area contributed by atoms with Crippen LogP contribution in [0.4, 0.5) is 0 Å². The SMILES string of the molecule is CCC1CCC(CN=C(N)N2CCSCC2)CC1. The van der Waals surface area contributed by atoms with Gasteiger partial charge in [-0.25, -0.2) is 0 Å². The minimum absolute atomic E-state index is 0.783. The van der Waals surface area contributed by atoms with Gasteiger partial charge in [0.2, 0.25) is 0 Å². The van der Waals surface area contributed by atoms with Crippen molar-refractivity contribution in [1.82, 2.24) is 4.90 Å². The lowest BCUT2D eigenvalue weighted by atomic mass is 9.81. The molecule has 0 aromatic carbocycles. The van der Waals surface area contributed by atoms with E-state index in [-0.39, 0.29) is 0 Å². The lowest BCUT2D eigenvalue weighted by molar-refractivity contribution is 0.274. The van der Waals surface area contributed by atoms with Crippen LogP contribution in [0.15, 0.2) is 4.99 Å². The molecule has 1 saturated heterocycles. The summed E-state index contributed by atoms with van der Waals surface area (Å²) in [5, 5.41) is 0. The summed E-state index contributed by atoms with van der Waals surface area (Å²) in [5.41, 5.74) is 6.09. The number of guanidine groups is 1. The molecule has 0 spiro atoms. The predicted molar refractivity (Wildman–Crippen MR) is 81.1 cm³/mol. The Kier molecular flexibility index (Phi) is 5.67. The van der Waals surface area contributed by atoms with E-state index in [0.29, 0.717) is 0 Å². The summed E-state index contributed by atoms with van der Waals surface area (Å²) in [6.07, 6.45) is 6.85. The van der Waals surface area contributed by atoms with Gasteiger partial charge in [-0.1, -0.05) is 26.2 Å². The Morgan fingerprint density at radius 1 is 1.17 bits per heavy atom. The van der Waals surface area contributed by atoms with Gasteiger partial charge >= 0.3 is 0 Å². The highest BCUT2D eigenvalue weighted by Crippen LogP contribution is 2.30. The molecule has 4 heteroatoms. The fourth-order valence-corrected chi connectivity index (χ4v) is 3.84. The van der Waals surface area contributed by atoms with Crippen LogP contribution in [0, 0.1) is 11.8 Å². The van der Waals surface area contributed by atoms with E-state index in [1.54, 1.807) is 0 Å². The molecule has 0 atom stereocenters. The molecule has 0 radical (unpaired) electrons. The lowest BCUT2D eigenvalue weighted by Gasteiger charge is -2.29. The van der Waals surface area contributed by atoms with Crippen molar-refractivity contribution in [1.29, 1.82) is 0 Å². The standard InChI is InChI=1S/C14H27N3S/c1-2-12-3-5-13(6-4-12)11-16-14(15)17-7-9-18-10-8-17/h12-13H,2-11H2,1H3,(H2,15,16). The molecule has 1 heterocycles. The molecule has 1 aliphatic carbocycles. The van der Waals surface area contributed by atoms with Crippen molar-refractivity contribution in [3.63, 3.8) is 0 Å². The molecule has 2 aliphatic rings. The van der Waals surface area contributed by atoms with Gasteiger partial charge in [0.15, 0.2) is 5.96 Å². The van der Waals surface area contributed by atoms with Gasteiger partial charge in [-0.3, -0.25) is 4.99 Å². The Bertz CT molecular complexity index is 266. The van der Waals surface area contributed by atoms with E-state index in [9.17, 15) is 0 Å². The molecule has 0 bridgehead atoms. The van der Waals surface area contributed by atoms with Crippen molar-refractivity contribution in [2.24, 2.45) is 22.6 Å². The largest absolute Gasteiger partial charge is 0.370 e. The zero-order valence-corrected chi connectivity index (χ0v) is 12.4. The van der Waals surface area contributed by atoms with Crippen molar-refractivity contribution < 1.29 is 0 Å². The zero-order valence-electron chi connectivity index (χ0n) is 11.6. The average molecular weight is 269 g/mol. The lowest BCUT2D eigenvalue weighted by Crippen LogP contribution is -2.43. The maximum atomic E-state index is 6.09. The summed E-state index contributed by atoms with van der Waals surface area (Å²) in [5.74, 6) is 4.93. The number of nitrogens with zero attached hydrogens (tertiary/aromatic N) is 2. The smallest absolute Gasteiger partial charge is 0.191 e. The van der Waals surface area contributed by atoms with E-state index in [0.717, 1.165) is 37.4 Å². The molecule has 0 unspecified atom stereocenters. The molecule has 3 nitrogen and oxygen atoms in total. The average Bonchev–Trinajstić information content (AvgIpc) is 2.46. The highest BCUT2D eigenvalue weighted by molar-refractivity contribution is 7.99. The van der Waals surface area contributed by atoms with Gasteiger partial charge in [0.1, 0.15) is 0 Å². The topological polar surface area (TPSA) is 41.6 Å². The van der Waals surface area contributed by atoms with Gasteiger partial charge in [-0.05, 0) is 24.7 Å². The van der Waals surface area contributed by atoms with Crippen LogP contribution >= 0.6 is 11.8 Å². The molecular weight excluding hydrogens is 242 g/mol. The summed E-state index contributed by atoms with van der Waals surface area (Å²) < 4.78 is 0. The van der Waals surface area contributed by atoms with Crippen LogP contribution in [0.5, 0.6) is 0 Å². The maximum Gasteiger partial charge on any atom is 0.191 e. The third-order valence-corrected chi connectivity index (χ3v) is 5.33. The van der Waals surface area contributed by atoms with Crippen LogP contribution in [0.1, 0.15) is 39.0 Å². The van der Waals surface area contributed by atoms with Crippen LogP contribution in [-0.2, 0) is 0 Å². The van der Waals surface area contributed by atoms with E-state index in [1.165, 1.54) is 43.6 Å². The number of hydrogen-bond donors (Lipinski definition) is 1. The van der Waals surface area contributed by atoms with E-state index in [1.807, 2.05) is 11.8 Å². The van der Waals surface area contributed by atoms with Crippen LogP contribution in [0.25, 0.3) is 0 Å². The first-order valence-electron chi connectivity index (χ1n) is 7.42. The number of thioether (sulfide) groups is 1. The second kappa shape index (κ2) is 7.27. The molecule has 2 fully saturated rings. The van der Waals surface area contributed by atoms with Gasteiger partial charge in [-0.2, -0.15) is 11.8 Å². The normalized spacial score (nSPS) is 30.5. The summed E-state index contributed by atoms with van der Waals surface area (Å²) in [7, 11) is 0. The van der Waals surface area contributed by atoms with Crippen LogP contribution < -0.4 is 5.73 Å². The Morgan fingerprint density at radius 3 is 2.39 bits per heavy atom. The minimum atomic E-state index is 0.783. The molecule has 2 N–H and O–H groups in total. The Labute approximate surface area is 116 Å². The number of rotatable bonds is 3. The van der Waals surface area contributed by atoms with Crippen molar-refractivity contribution in [3.05, 3.63) is 0 Å². The maximum absolute atomic E-state index is 6.09. The van der Waals surface area contributed by atoms with Gasteiger partial charge in [0, 0.05) is 31.1 Å². The van der Waals surface area contributed by atoms with E-state index in [2.05, 4.69) is 16.8 Å². The Morgan fingerprint density at radius 2 is 1.78 bits per heavy atom. The van der Waals surface area contributed by atoms with E-state index < -0.39 is 0 Å². The fourth-order valence-electron chi connectivity index (χ4n) is 2.94. The van der Waals surface area contributed by atoms with Crippen molar-refractivity contribution in [3.8, 4) is 0 Å². The zero-order chi connectivity index (χ0) is 12.8. The monoisotopic (exact) mass is 269 g/mol. The Hall–Kier alpha value is -0.380. The molecule has 0 aromatic rings. The summed E-state index contributed by atoms with van der Waals surface area (Å²) in [6, 6.07) is 0. The van der Waals surface area contributed by atoms with Gasteiger partial charge in [-0.15, -0.1) is 0 Å². The van der Waals surface area contributed by atoms with E-state index >= 15 is 0 Å². The van der Waals surface area contributed by atoms with Gasteiger partial charge < -0.3 is 10.6 Å². The van der Waals surface area contributed by atoms with Gasteiger partial charge in [0.05, 0.1) is 0 Å². The molecule has 18 heavy (non-hydrogen) atoms. The molecule has 104 valence electrons.